The van der Waals surface area contributed by atoms with Gasteiger partial charge in [0.05, 0.1) is 26.0 Å². The van der Waals surface area contributed by atoms with E-state index in [1.165, 1.54) is 10.3 Å². The van der Waals surface area contributed by atoms with Gasteiger partial charge in [-0.1, -0.05) is 18.2 Å². The molecule has 0 radical (unpaired) electrons. The Balaban J connectivity index is 1.25. The van der Waals surface area contributed by atoms with Crippen LogP contribution >= 0.6 is 22.7 Å². The van der Waals surface area contributed by atoms with Gasteiger partial charge in [-0.25, -0.2) is 9.97 Å². The van der Waals surface area contributed by atoms with Gasteiger partial charge in [0.25, 0.3) is 0 Å². The maximum absolute atomic E-state index is 9.82. The minimum absolute atomic E-state index is 0.592. The molecule has 0 bridgehead atoms. The number of nitrogens with zero attached hydrogens (tertiary/aromatic N) is 4. The summed E-state index contributed by atoms with van der Waals surface area (Å²) in [5.41, 5.74) is 6.82. The highest BCUT2D eigenvalue weighted by atomic mass is 32.1. The largest absolute Gasteiger partial charge is 0.324 e. The molecule has 0 aliphatic carbocycles. The van der Waals surface area contributed by atoms with Crippen LogP contribution in [0.4, 0.5) is 5.69 Å². The van der Waals surface area contributed by atoms with Gasteiger partial charge in [-0.05, 0) is 78.7 Å². The zero-order valence-electron chi connectivity index (χ0n) is 18.3. The number of aromatic nitrogens is 2. The van der Waals surface area contributed by atoms with Gasteiger partial charge in [-0.15, -0.1) is 22.7 Å². The van der Waals surface area contributed by atoms with Gasteiger partial charge in [0.15, 0.2) is 0 Å². The predicted octanol–water partition coefficient (Wildman–Crippen LogP) is 7.71. The van der Waals surface area contributed by atoms with Gasteiger partial charge in [0.1, 0.15) is 16.1 Å². The number of anilines is 1. The van der Waals surface area contributed by atoms with Crippen LogP contribution in [0.2, 0.25) is 0 Å². The minimum Gasteiger partial charge on any atom is -0.324 e. The lowest BCUT2D eigenvalue weighted by Gasteiger charge is -2.19. The molecule has 5 aromatic rings. The van der Waals surface area contributed by atoms with Crippen LogP contribution in [0.5, 0.6) is 0 Å². The summed E-state index contributed by atoms with van der Waals surface area (Å²) in [6, 6.07) is 25.1. The second-order valence-corrected chi connectivity index (χ2v) is 10.1. The van der Waals surface area contributed by atoms with Crippen molar-refractivity contribution in [1.29, 1.82) is 5.26 Å². The lowest BCUT2D eigenvalue weighted by Crippen LogP contribution is -2.09. The molecule has 0 atom stereocenters. The van der Waals surface area contributed by atoms with Crippen LogP contribution in [-0.2, 0) is 0 Å². The van der Waals surface area contributed by atoms with Crippen LogP contribution in [0, 0.1) is 18.3 Å². The van der Waals surface area contributed by atoms with Crippen molar-refractivity contribution in [2.75, 3.05) is 4.90 Å². The number of thiazole rings is 2. The van der Waals surface area contributed by atoms with E-state index < -0.39 is 0 Å². The molecule has 3 heterocycles. The van der Waals surface area contributed by atoms with Crippen LogP contribution in [0.3, 0.4) is 0 Å². The SMILES string of the molecule is Cc1ccc2nc(-c3ccc(N4C=CC(=C(C#N)c5nc6ccccc6s5)C=C4)cc3)sc2c1. The number of allylic oxidation sites excluding steroid dienone is 4. The second-order valence-electron chi connectivity index (χ2n) is 8.00. The van der Waals surface area contributed by atoms with Crippen molar-refractivity contribution in [3.8, 4) is 16.6 Å². The van der Waals surface area contributed by atoms with E-state index in [0.29, 0.717) is 5.57 Å². The predicted molar refractivity (Wildman–Crippen MR) is 143 cm³/mol. The monoisotopic (exact) mass is 474 g/mol. The molecule has 162 valence electrons. The number of nitriles is 1. The fraction of sp³-hybridized carbons (Fsp3) is 0.0357. The average molecular weight is 475 g/mol. The topological polar surface area (TPSA) is 52.8 Å². The molecular formula is C28H18N4S2. The van der Waals surface area contributed by atoms with E-state index in [2.05, 4.69) is 60.4 Å². The second kappa shape index (κ2) is 8.38. The zero-order valence-corrected chi connectivity index (χ0v) is 19.9. The van der Waals surface area contributed by atoms with E-state index in [-0.39, 0.29) is 0 Å². The lowest BCUT2D eigenvalue weighted by molar-refractivity contribution is 1.25. The molecule has 0 fully saturated rings. The number of hydrogen-bond donors (Lipinski definition) is 0. The van der Waals surface area contributed by atoms with Gasteiger partial charge >= 0.3 is 0 Å². The van der Waals surface area contributed by atoms with E-state index in [4.69, 9.17) is 4.98 Å². The standard InChI is InChI=1S/C28H18N4S2/c1-18-6-11-24-26(16-18)34-27(30-24)20-7-9-21(10-8-20)32-14-12-19(13-15-32)22(17-29)28-31-23-4-2-3-5-25(23)33-28/h2-16H,1H3. The fourth-order valence-electron chi connectivity index (χ4n) is 3.91. The maximum Gasteiger partial charge on any atom is 0.135 e. The van der Waals surface area contributed by atoms with Crippen LogP contribution in [0.25, 0.3) is 36.6 Å². The Bertz CT molecular complexity index is 1630. The molecule has 0 amide bonds. The third kappa shape index (κ3) is 3.71. The minimum atomic E-state index is 0.592. The number of hydrogen-bond acceptors (Lipinski definition) is 6. The Labute approximate surface area is 205 Å². The molecule has 6 rings (SSSR count). The van der Waals surface area contributed by atoms with Crippen LogP contribution in [0.1, 0.15) is 10.6 Å². The Kier molecular flexibility index (Phi) is 5.06. The zero-order chi connectivity index (χ0) is 23.1. The first-order chi connectivity index (χ1) is 16.7. The highest BCUT2D eigenvalue weighted by Crippen LogP contribution is 2.33. The number of benzene rings is 3. The van der Waals surface area contributed by atoms with Crippen molar-refractivity contribution in [2.45, 2.75) is 6.92 Å². The van der Waals surface area contributed by atoms with Crippen molar-refractivity contribution in [1.82, 2.24) is 9.97 Å². The summed E-state index contributed by atoms with van der Waals surface area (Å²) in [5, 5.41) is 11.6. The molecule has 1 aliphatic rings. The van der Waals surface area contributed by atoms with Crippen molar-refractivity contribution in [3.05, 3.63) is 107 Å². The highest BCUT2D eigenvalue weighted by Gasteiger charge is 2.14. The van der Waals surface area contributed by atoms with E-state index >= 15 is 0 Å². The molecular weight excluding hydrogens is 456 g/mol. The smallest absolute Gasteiger partial charge is 0.135 e. The summed E-state index contributed by atoms with van der Waals surface area (Å²) in [6.07, 6.45) is 7.90. The number of para-hydroxylation sites is 1. The Morgan fingerprint density at radius 2 is 1.62 bits per heavy atom. The van der Waals surface area contributed by atoms with Gasteiger partial charge in [0, 0.05) is 23.7 Å². The Morgan fingerprint density at radius 1 is 0.853 bits per heavy atom. The van der Waals surface area contributed by atoms with E-state index in [1.54, 1.807) is 22.7 Å². The Hall–Kier alpha value is -4.05. The Morgan fingerprint density at radius 3 is 2.38 bits per heavy atom. The van der Waals surface area contributed by atoms with Crippen LogP contribution in [0.15, 0.2) is 96.9 Å². The molecule has 3 aromatic carbocycles. The highest BCUT2D eigenvalue weighted by molar-refractivity contribution is 7.21. The van der Waals surface area contributed by atoms with Crippen molar-refractivity contribution < 1.29 is 0 Å². The fourth-order valence-corrected chi connectivity index (χ4v) is 5.96. The summed E-state index contributed by atoms with van der Waals surface area (Å²) in [6.45, 7) is 2.10. The van der Waals surface area contributed by atoms with Crippen LogP contribution < -0.4 is 4.90 Å². The molecule has 0 spiro atoms. The number of rotatable bonds is 3. The first-order valence-corrected chi connectivity index (χ1v) is 12.4. The van der Waals surface area contributed by atoms with E-state index in [9.17, 15) is 5.26 Å². The summed E-state index contributed by atoms with van der Waals surface area (Å²) < 4.78 is 2.29. The third-order valence-electron chi connectivity index (χ3n) is 5.69. The van der Waals surface area contributed by atoms with Crippen molar-refractivity contribution in [3.63, 3.8) is 0 Å². The normalized spacial score (nSPS) is 13.1. The van der Waals surface area contributed by atoms with E-state index in [1.807, 2.05) is 53.7 Å². The summed E-state index contributed by atoms with van der Waals surface area (Å²) in [4.78, 5) is 11.5. The maximum atomic E-state index is 9.82. The summed E-state index contributed by atoms with van der Waals surface area (Å²) in [5.74, 6) is 0. The number of aryl methyl sites for hydroxylation is 1. The molecule has 1 aliphatic heterocycles. The molecule has 0 saturated heterocycles. The summed E-state index contributed by atoms with van der Waals surface area (Å²) >= 11 is 3.26. The average Bonchev–Trinajstić information content (AvgIpc) is 3.49. The first kappa shape index (κ1) is 20.5. The first-order valence-electron chi connectivity index (χ1n) is 10.8. The van der Waals surface area contributed by atoms with E-state index in [0.717, 1.165) is 42.6 Å². The van der Waals surface area contributed by atoms with Gasteiger partial charge in [-0.2, -0.15) is 5.26 Å². The van der Waals surface area contributed by atoms with Gasteiger partial charge in [-0.3, -0.25) is 0 Å². The molecule has 0 saturated carbocycles. The molecule has 34 heavy (non-hydrogen) atoms. The van der Waals surface area contributed by atoms with Gasteiger partial charge < -0.3 is 4.90 Å². The van der Waals surface area contributed by atoms with Crippen molar-refractivity contribution >= 4 is 54.4 Å². The quantitative estimate of drug-likeness (QED) is 0.251. The molecule has 0 N–H and O–H groups in total. The van der Waals surface area contributed by atoms with Crippen molar-refractivity contribution in [2.24, 2.45) is 0 Å². The van der Waals surface area contributed by atoms with Crippen LogP contribution in [-0.4, -0.2) is 9.97 Å². The molecule has 6 heteroatoms. The third-order valence-corrected chi connectivity index (χ3v) is 7.82. The molecule has 4 nitrogen and oxygen atoms in total. The van der Waals surface area contributed by atoms with Gasteiger partial charge in [0.2, 0.25) is 0 Å². The lowest BCUT2D eigenvalue weighted by atomic mass is 10.1. The molecule has 2 aromatic heterocycles. The molecule has 0 unspecified atom stereocenters. The summed E-state index contributed by atoms with van der Waals surface area (Å²) in [7, 11) is 0. The number of fused-ring (bicyclic) bond motifs is 2.